The molecule has 1 saturated carbocycles. The standard InChI is InChI=1S/C29H32O8/c1-26(2)17-15-21(35-23(30)19-11-7-5-8-12-19)28(4)22(36-24(31)20-13-9-6-10-14-20)16-18-27(3,34)29(28,37-26)25(32)33/h5-15,17,21-22,34H,16,18H2,1-4H3,(H,32,33)/t21-,22-,27-,28+,29-/m1/s1. The highest BCUT2D eigenvalue weighted by molar-refractivity contribution is 5.90. The Balaban J connectivity index is 1.87. The molecule has 1 heterocycles. The quantitative estimate of drug-likeness (QED) is 0.456. The predicted molar refractivity (Wildman–Crippen MR) is 134 cm³/mol. The van der Waals surface area contributed by atoms with Gasteiger partial charge in [0.15, 0.2) is 0 Å². The van der Waals surface area contributed by atoms with Crippen molar-refractivity contribution in [3.63, 3.8) is 0 Å². The summed E-state index contributed by atoms with van der Waals surface area (Å²) in [6, 6.07) is 16.6. The molecule has 2 aromatic rings. The lowest BCUT2D eigenvalue weighted by Gasteiger charge is -2.60. The number of ether oxygens (including phenoxy) is 3. The maximum absolute atomic E-state index is 13.2. The first kappa shape index (κ1) is 26.6. The highest BCUT2D eigenvalue weighted by Gasteiger charge is 2.75. The normalized spacial score (nSPS) is 32.5. The molecule has 1 aliphatic carbocycles. The van der Waals surface area contributed by atoms with Crippen LogP contribution in [-0.4, -0.2) is 57.1 Å². The summed E-state index contributed by atoms with van der Waals surface area (Å²) >= 11 is 0. The van der Waals surface area contributed by atoms with Crippen molar-refractivity contribution < 1.29 is 38.8 Å². The molecule has 2 aromatic carbocycles. The zero-order chi connectivity index (χ0) is 27.1. The van der Waals surface area contributed by atoms with Crippen molar-refractivity contribution in [1.29, 1.82) is 0 Å². The van der Waals surface area contributed by atoms with Gasteiger partial charge in [0.05, 0.1) is 22.1 Å². The number of carboxylic acids is 1. The number of hydrogen-bond donors (Lipinski definition) is 2. The minimum atomic E-state index is -2.31. The Morgan fingerprint density at radius 3 is 1.89 bits per heavy atom. The lowest BCUT2D eigenvalue weighted by atomic mass is 9.53. The molecule has 0 spiro atoms. The molecule has 4 rings (SSSR count). The molecule has 5 atom stereocenters. The summed E-state index contributed by atoms with van der Waals surface area (Å²) in [5, 5.41) is 22.4. The molecule has 0 amide bonds. The SMILES string of the molecule is CC1(C)C=C[C@@H](OC(=O)c2ccccc2)[C@@]2(C)[C@H](OC(=O)c3ccccc3)CC[C@@](C)(O)[C@@]2(C(=O)O)O1. The summed E-state index contributed by atoms with van der Waals surface area (Å²) in [7, 11) is 0. The van der Waals surface area contributed by atoms with Crippen LogP contribution in [0.25, 0.3) is 0 Å². The van der Waals surface area contributed by atoms with Gasteiger partial charge in [-0.1, -0.05) is 42.5 Å². The number of esters is 2. The molecule has 1 aliphatic heterocycles. The maximum atomic E-state index is 13.2. The Hall–Kier alpha value is -3.49. The maximum Gasteiger partial charge on any atom is 0.339 e. The van der Waals surface area contributed by atoms with Gasteiger partial charge in [-0.25, -0.2) is 14.4 Å². The molecular weight excluding hydrogens is 476 g/mol. The molecule has 8 heteroatoms. The zero-order valence-corrected chi connectivity index (χ0v) is 21.3. The van der Waals surface area contributed by atoms with Crippen LogP contribution in [0.3, 0.4) is 0 Å². The van der Waals surface area contributed by atoms with Crippen molar-refractivity contribution in [2.24, 2.45) is 5.41 Å². The minimum absolute atomic E-state index is 0.0307. The molecular formula is C29H32O8. The summed E-state index contributed by atoms with van der Waals surface area (Å²) in [4.78, 5) is 39.5. The fraction of sp³-hybridized carbons (Fsp3) is 0.414. The highest BCUT2D eigenvalue weighted by Crippen LogP contribution is 2.58. The number of aliphatic carboxylic acids is 1. The van der Waals surface area contributed by atoms with E-state index in [4.69, 9.17) is 14.2 Å². The van der Waals surface area contributed by atoms with E-state index >= 15 is 0 Å². The number of aliphatic hydroxyl groups is 1. The van der Waals surface area contributed by atoms with Gasteiger partial charge in [-0.3, -0.25) is 0 Å². The molecule has 0 unspecified atom stereocenters. The van der Waals surface area contributed by atoms with Gasteiger partial charge in [0, 0.05) is 0 Å². The molecule has 0 aromatic heterocycles. The van der Waals surface area contributed by atoms with Crippen molar-refractivity contribution in [1.82, 2.24) is 0 Å². The van der Waals surface area contributed by atoms with Gasteiger partial charge < -0.3 is 24.4 Å². The fourth-order valence-electron chi connectivity index (χ4n) is 5.62. The zero-order valence-electron chi connectivity index (χ0n) is 21.3. The van der Waals surface area contributed by atoms with Gasteiger partial charge in [-0.15, -0.1) is 0 Å². The van der Waals surface area contributed by atoms with Crippen LogP contribution in [0.2, 0.25) is 0 Å². The Bertz CT molecular complexity index is 1200. The van der Waals surface area contributed by atoms with Gasteiger partial charge in [-0.05, 0) is 70.9 Å². The average Bonchev–Trinajstić information content (AvgIpc) is 2.96. The number of benzene rings is 2. The Morgan fingerprint density at radius 2 is 1.38 bits per heavy atom. The molecule has 2 N–H and O–H groups in total. The Labute approximate surface area is 215 Å². The smallest absolute Gasteiger partial charge is 0.339 e. The van der Waals surface area contributed by atoms with Crippen LogP contribution in [0.15, 0.2) is 72.8 Å². The summed E-state index contributed by atoms with van der Waals surface area (Å²) < 4.78 is 18.2. The van der Waals surface area contributed by atoms with Gasteiger partial charge in [0.2, 0.25) is 5.60 Å². The highest BCUT2D eigenvalue weighted by atomic mass is 16.6. The van der Waals surface area contributed by atoms with Gasteiger partial charge in [-0.2, -0.15) is 0 Å². The van der Waals surface area contributed by atoms with Crippen LogP contribution in [0.1, 0.15) is 61.3 Å². The number of rotatable bonds is 5. The van der Waals surface area contributed by atoms with E-state index in [0.29, 0.717) is 0 Å². The first-order chi connectivity index (χ1) is 17.3. The Morgan fingerprint density at radius 1 is 0.865 bits per heavy atom. The van der Waals surface area contributed by atoms with E-state index in [2.05, 4.69) is 0 Å². The number of carboxylic acid groups (broad SMARTS) is 1. The summed E-state index contributed by atoms with van der Waals surface area (Å²) in [5.41, 5.74) is -6.54. The van der Waals surface area contributed by atoms with Crippen molar-refractivity contribution >= 4 is 17.9 Å². The third kappa shape index (κ3) is 4.45. The van der Waals surface area contributed by atoms with Crippen molar-refractivity contribution in [2.45, 2.75) is 69.5 Å². The first-order valence-corrected chi connectivity index (χ1v) is 12.2. The van der Waals surface area contributed by atoms with E-state index in [1.54, 1.807) is 86.7 Å². The molecule has 0 radical (unpaired) electrons. The van der Waals surface area contributed by atoms with E-state index < -0.39 is 52.3 Å². The lowest BCUT2D eigenvalue weighted by molar-refractivity contribution is -0.306. The number of fused-ring (bicyclic) bond motifs is 1. The molecule has 0 saturated heterocycles. The Kier molecular flexibility index (Phi) is 6.77. The number of carbonyl (C=O) groups is 3. The van der Waals surface area contributed by atoms with E-state index in [1.807, 2.05) is 0 Å². The van der Waals surface area contributed by atoms with E-state index in [0.717, 1.165) is 0 Å². The minimum Gasteiger partial charge on any atom is -0.479 e. The van der Waals surface area contributed by atoms with Crippen LogP contribution in [0.4, 0.5) is 0 Å². The molecule has 0 bridgehead atoms. The van der Waals surface area contributed by atoms with Gasteiger partial charge >= 0.3 is 17.9 Å². The van der Waals surface area contributed by atoms with Crippen LogP contribution in [-0.2, 0) is 19.0 Å². The second kappa shape index (κ2) is 9.43. The van der Waals surface area contributed by atoms with Crippen molar-refractivity contribution in [2.75, 3.05) is 0 Å². The van der Waals surface area contributed by atoms with E-state index in [1.165, 1.54) is 13.8 Å². The van der Waals surface area contributed by atoms with Crippen LogP contribution < -0.4 is 0 Å². The molecule has 2 aliphatic rings. The van der Waals surface area contributed by atoms with E-state index in [-0.39, 0.29) is 24.0 Å². The largest absolute Gasteiger partial charge is 0.479 e. The second-order valence-corrected chi connectivity index (χ2v) is 10.6. The van der Waals surface area contributed by atoms with Crippen LogP contribution in [0, 0.1) is 5.41 Å². The molecule has 37 heavy (non-hydrogen) atoms. The molecule has 196 valence electrons. The van der Waals surface area contributed by atoms with Crippen LogP contribution >= 0.6 is 0 Å². The van der Waals surface area contributed by atoms with Gasteiger partial charge in [0.25, 0.3) is 0 Å². The lowest BCUT2D eigenvalue weighted by Crippen LogP contribution is -2.77. The topological polar surface area (TPSA) is 119 Å². The summed E-state index contributed by atoms with van der Waals surface area (Å²) in [6.07, 6.45) is 0.958. The first-order valence-electron chi connectivity index (χ1n) is 12.2. The second-order valence-electron chi connectivity index (χ2n) is 10.6. The fourth-order valence-corrected chi connectivity index (χ4v) is 5.62. The van der Waals surface area contributed by atoms with E-state index in [9.17, 15) is 24.6 Å². The number of hydrogen-bond acceptors (Lipinski definition) is 7. The third-order valence-corrected chi connectivity index (χ3v) is 7.56. The third-order valence-electron chi connectivity index (χ3n) is 7.56. The van der Waals surface area contributed by atoms with Gasteiger partial charge in [0.1, 0.15) is 17.8 Å². The summed E-state index contributed by atoms with van der Waals surface area (Å²) in [6.45, 7) is 6.25. The monoisotopic (exact) mass is 508 g/mol. The van der Waals surface area contributed by atoms with Crippen molar-refractivity contribution in [3.05, 3.63) is 83.9 Å². The number of carbonyl (C=O) groups excluding carboxylic acids is 2. The molecule has 1 fully saturated rings. The summed E-state index contributed by atoms with van der Waals surface area (Å²) in [5.74, 6) is -2.79. The average molecular weight is 509 g/mol. The predicted octanol–water partition coefficient (Wildman–Crippen LogP) is 4.18. The molecule has 8 nitrogen and oxygen atoms in total. The van der Waals surface area contributed by atoms with Crippen molar-refractivity contribution in [3.8, 4) is 0 Å². The van der Waals surface area contributed by atoms with Crippen LogP contribution in [0.5, 0.6) is 0 Å².